The second-order valence-electron chi connectivity index (χ2n) is 5.78. The van der Waals surface area contributed by atoms with Gasteiger partial charge in [-0.3, -0.25) is 4.98 Å². The van der Waals surface area contributed by atoms with Gasteiger partial charge in [-0.2, -0.15) is 4.31 Å². The Morgan fingerprint density at radius 1 is 1.12 bits per heavy atom. The van der Waals surface area contributed by atoms with Crippen LogP contribution in [0.15, 0.2) is 47.6 Å². The maximum Gasteiger partial charge on any atom is 0.243 e. The molecular formula is C17H20ClN3O2S. The van der Waals surface area contributed by atoms with Crippen molar-refractivity contribution in [3.8, 4) is 0 Å². The Bertz CT molecular complexity index is 805. The van der Waals surface area contributed by atoms with Gasteiger partial charge in [-0.25, -0.2) is 8.42 Å². The van der Waals surface area contributed by atoms with E-state index in [-0.39, 0.29) is 0 Å². The number of nitrogens with one attached hydrogen (secondary N) is 1. The summed E-state index contributed by atoms with van der Waals surface area (Å²) in [6.07, 6.45) is 6.14. The molecule has 2 heterocycles. The van der Waals surface area contributed by atoms with E-state index in [1.54, 1.807) is 34.9 Å². The molecule has 1 N–H and O–H groups in total. The van der Waals surface area contributed by atoms with Crippen LogP contribution in [0.2, 0.25) is 5.02 Å². The Kier molecular flexibility index (Phi) is 5.38. The molecule has 3 rings (SSSR count). The highest BCUT2D eigenvalue weighted by Gasteiger charge is 2.27. The van der Waals surface area contributed by atoms with E-state index in [4.69, 9.17) is 11.6 Å². The average Bonchev–Trinajstić information content (AvgIpc) is 2.62. The lowest BCUT2D eigenvalue weighted by Gasteiger charge is -2.27. The van der Waals surface area contributed by atoms with Gasteiger partial charge in [-0.05, 0) is 30.5 Å². The molecule has 0 spiro atoms. The van der Waals surface area contributed by atoms with Gasteiger partial charge in [0.05, 0.1) is 15.6 Å². The normalized spacial score (nSPS) is 16.0. The molecule has 24 heavy (non-hydrogen) atoms. The molecule has 1 saturated heterocycles. The molecule has 0 amide bonds. The summed E-state index contributed by atoms with van der Waals surface area (Å²) in [4.78, 5) is 4.31. The van der Waals surface area contributed by atoms with Crippen molar-refractivity contribution in [3.05, 3.63) is 53.3 Å². The van der Waals surface area contributed by atoms with E-state index in [9.17, 15) is 8.42 Å². The number of benzene rings is 1. The molecule has 0 bridgehead atoms. The minimum Gasteiger partial charge on any atom is -0.380 e. The van der Waals surface area contributed by atoms with Crippen molar-refractivity contribution in [2.45, 2.75) is 30.7 Å². The number of nitrogens with zero attached hydrogens (tertiary/aromatic N) is 2. The first kappa shape index (κ1) is 17.2. The number of rotatable bonds is 5. The van der Waals surface area contributed by atoms with E-state index < -0.39 is 10.0 Å². The van der Waals surface area contributed by atoms with Gasteiger partial charge in [0.1, 0.15) is 0 Å². The molecule has 0 aliphatic carbocycles. The third-order valence-electron chi connectivity index (χ3n) is 4.15. The van der Waals surface area contributed by atoms with Crippen molar-refractivity contribution in [2.24, 2.45) is 0 Å². The Hall–Kier alpha value is -1.63. The van der Waals surface area contributed by atoms with Gasteiger partial charge in [0, 0.05) is 32.0 Å². The number of piperidine rings is 1. The first-order chi connectivity index (χ1) is 11.6. The molecule has 5 nitrogen and oxygen atoms in total. The molecule has 0 atom stereocenters. The van der Waals surface area contributed by atoms with E-state index in [2.05, 4.69) is 10.3 Å². The zero-order chi connectivity index (χ0) is 17.0. The Morgan fingerprint density at radius 3 is 2.62 bits per heavy atom. The van der Waals surface area contributed by atoms with Crippen LogP contribution in [0.25, 0.3) is 0 Å². The van der Waals surface area contributed by atoms with Crippen LogP contribution in [0.1, 0.15) is 24.8 Å². The Balaban J connectivity index is 1.84. The van der Waals surface area contributed by atoms with Gasteiger partial charge in [-0.1, -0.05) is 36.2 Å². The highest BCUT2D eigenvalue weighted by molar-refractivity contribution is 7.89. The van der Waals surface area contributed by atoms with Crippen LogP contribution >= 0.6 is 11.6 Å². The van der Waals surface area contributed by atoms with Crippen LogP contribution < -0.4 is 5.32 Å². The van der Waals surface area contributed by atoms with Crippen molar-refractivity contribution >= 4 is 27.3 Å². The summed E-state index contributed by atoms with van der Waals surface area (Å²) in [5.41, 5.74) is 1.47. The van der Waals surface area contributed by atoms with Crippen molar-refractivity contribution in [3.63, 3.8) is 0 Å². The molecule has 1 aliphatic rings. The molecule has 0 saturated carbocycles. The molecule has 1 aliphatic heterocycles. The lowest BCUT2D eigenvalue weighted by atomic mass is 10.2. The summed E-state index contributed by atoms with van der Waals surface area (Å²) in [5, 5.41) is 3.70. The van der Waals surface area contributed by atoms with Crippen LogP contribution in [0.5, 0.6) is 0 Å². The van der Waals surface area contributed by atoms with E-state index in [1.165, 1.54) is 0 Å². The number of anilines is 1. The van der Waals surface area contributed by atoms with Crippen molar-refractivity contribution in [1.29, 1.82) is 0 Å². The molecule has 0 unspecified atom stereocenters. The van der Waals surface area contributed by atoms with Crippen molar-refractivity contribution < 1.29 is 8.42 Å². The van der Waals surface area contributed by atoms with Crippen LogP contribution in [-0.4, -0.2) is 30.8 Å². The number of sulfonamides is 1. The maximum atomic E-state index is 12.9. The maximum absolute atomic E-state index is 12.9. The van der Waals surface area contributed by atoms with Gasteiger partial charge >= 0.3 is 0 Å². The van der Waals surface area contributed by atoms with E-state index in [0.717, 1.165) is 30.5 Å². The van der Waals surface area contributed by atoms with Gasteiger partial charge in [0.25, 0.3) is 0 Å². The molecule has 2 aromatic rings. The summed E-state index contributed by atoms with van der Waals surface area (Å²) in [6.45, 7) is 1.58. The number of hydrogen-bond donors (Lipinski definition) is 1. The van der Waals surface area contributed by atoms with E-state index in [0.29, 0.717) is 29.6 Å². The molecular weight excluding hydrogens is 346 g/mol. The minimum absolute atomic E-state index is 0.365. The first-order valence-corrected chi connectivity index (χ1v) is 9.82. The van der Waals surface area contributed by atoms with Gasteiger partial charge in [-0.15, -0.1) is 0 Å². The third kappa shape index (κ3) is 3.71. The quantitative estimate of drug-likeness (QED) is 0.880. The topological polar surface area (TPSA) is 62.3 Å². The van der Waals surface area contributed by atoms with Crippen LogP contribution in [0.3, 0.4) is 0 Å². The molecule has 7 heteroatoms. The van der Waals surface area contributed by atoms with E-state index >= 15 is 0 Å². The van der Waals surface area contributed by atoms with Gasteiger partial charge in [0.15, 0.2) is 0 Å². The SMILES string of the molecule is O=S(=O)(c1ccccc1CNc1ccncc1Cl)N1CCCCC1. The number of aromatic nitrogens is 1. The zero-order valence-corrected chi connectivity index (χ0v) is 14.9. The fourth-order valence-corrected chi connectivity index (χ4v) is 4.78. The highest BCUT2D eigenvalue weighted by Crippen LogP contribution is 2.25. The van der Waals surface area contributed by atoms with Crippen LogP contribution in [-0.2, 0) is 16.6 Å². The molecule has 1 aromatic heterocycles. The lowest BCUT2D eigenvalue weighted by molar-refractivity contribution is 0.346. The van der Waals surface area contributed by atoms with Crippen molar-refractivity contribution in [1.82, 2.24) is 9.29 Å². The second-order valence-corrected chi connectivity index (χ2v) is 8.10. The fraction of sp³-hybridized carbons (Fsp3) is 0.353. The summed E-state index contributed by atoms with van der Waals surface area (Å²) >= 11 is 6.09. The predicted octanol–water partition coefficient (Wildman–Crippen LogP) is 3.52. The standard InChI is InChI=1S/C17H20ClN3O2S/c18-15-13-19-9-8-16(15)20-12-14-6-2-3-7-17(14)24(22,23)21-10-4-1-5-11-21/h2-3,6-9,13H,1,4-5,10-12H2,(H,19,20). The van der Waals surface area contributed by atoms with Gasteiger partial charge in [0.2, 0.25) is 10.0 Å². The smallest absolute Gasteiger partial charge is 0.243 e. The summed E-state index contributed by atoms with van der Waals surface area (Å²) < 4.78 is 27.5. The number of pyridine rings is 1. The highest BCUT2D eigenvalue weighted by atomic mass is 35.5. The predicted molar refractivity (Wildman–Crippen MR) is 95.6 cm³/mol. The van der Waals surface area contributed by atoms with Crippen LogP contribution in [0.4, 0.5) is 5.69 Å². The average molecular weight is 366 g/mol. The van der Waals surface area contributed by atoms with Crippen LogP contribution in [0, 0.1) is 0 Å². The third-order valence-corrected chi connectivity index (χ3v) is 6.45. The largest absolute Gasteiger partial charge is 0.380 e. The first-order valence-electron chi connectivity index (χ1n) is 8.00. The second kappa shape index (κ2) is 7.51. The summed E-state index contributed by atoms with van der Waals surface area (Å²) in [7, 11) is -3.46. The Labute approximate surface area is 147 Å². The van der Waals surface area contributed by atoms with E-state index in [1.807, 2.05) is 12.1 Å². The molecule has 0 radical (unpaired) electrons. The monoisotopic (exact) mass is 365 g/mol. The Morgan fingerprint density at radius 2 is 1.88 bits per heavy atom. The minimum atomic E-state index is -3.46. The summed E-state index contributed by atoms with van der Waals surface area (Å²) in [5.74, 6) is 0. The fourth-order valence-electron chi connectivity index (χ4n) is 2.85. The molecule has 1 aromatic carbocycles. The molecule has 128 valence electrons. The summed E-state index contributed by atoms with van der Waals surface area (Å²) in [6, 6.07) is 8.89. The molecule has 1 fully saturated rings. The zero-order valence-electron chi connectivity index (χ0n) is 13.3. The lowest BCUT2D eigenvalue weighted by Crippen LogP contribution is -2.36. The van der Waals surface area contributed by atoms with Gasteiger partial charge < -0.3 is 5.32 Å². The van der Waals surface area contributed by atoms with Crippen molar-refractivity contribution in [2.75, 3.05) is 18.4 Å². The number of halogens is 1. The number of hydrogen-bond acceptors (Lipinski definition) is 4.